The van der Waals surface area contributed by atoms with Gasteiger partial charge in [0.25, 0.3) is 5.91 Å². The molecular weight excluding hydrogens is 257 g/mol. The van der Waals surface area contributed by atoms with E-state index in [0.29, 0.717) is 12.0 Å². The SMILES string of the molecule is O=C(NC1CC2CC1CN2)c1ccc(F)c(Cl)n1. The standard InChI is InChI=1S/C12H13ClFN3O/c13-11-8(14)1-2-9(16-11)12(18)17-10-4-7-3-6(10)5-15-7/h1-2,6-7,10,15H,3-5H2,(H,17,18). The minimum absolute atomic E-state index is 0.164. The molecule has 1 aliphatic carbocycles. The summed E-state index contributed by atoms with van der Waals surface area (Å²) in [5.74, 6) is -0.401. The fourth-order valence-electron chi connectivity index (χ4n) is 2.80. The third-order valence-electron chi connectivity index (χ3n) is 3.72. The molecule has 2 aliphatic rings. The summed E-state index contributed by atoms with van der Waals surface area (Å²) in [6, 6.07) is 3.22. The molecular formula is C12H13ClFN3O. The molecule has 3 unspecified atom stereocenters. The highest BCUT2D eigenvalue weighted by Crippen LogP contribution is 2.31. The predicted molar refractivity (Wildman–Crippen MR) is 65.0 cm³/mol. The van der Waals surface area contributed by atoms with Crippen molar-refractivity contribution in [2.24, 2.45) is 5.92 Å². The van der Waals surface area contributed by atoms with Crippen molar-refractivity contribution >= 4 is 17.5 Å². The number of nitrogens with one attached hydrogen (secondary N) is 2. The predicted octanol–water partition coefficient (Wildman–Crippen LogP) is 1.35. The van der Waals surface area contributed by atoms with Crippen LogP contribution in [0.5, 0.6) is 0 Å². The second-order valence-corrected chi connectivity index (χ2v) is 5.24. The number of rotatable bonds is 2. The van der Waals surface area contributed by atoms with Gasteiger partial charge in [0.2, 0.25) is 0 Å². The topological polar surface area (TPSA) is 54.0 Å². The van der Waals surface area contributed by atoms with Crippen LogP contribution in [0, 0.1) is 11.7 Å². The number of piperidine rings is 1. The Hall–Kier alpha value is -1.20. The molecule has 3 atom stereocenters. The lowest BCUT2D eigenvalue weighted by atomic mass is 10.0. The van der Waals surface area contributed by atoms with E-state index in [-0.39, 0.29) is 22.8 Å². The van der Waals surface area contributed by atoms with Crippen molar-refractivity contribution in [2.75, 3.05) is 6.54 Å². The molecule has 3 rings (SSSR count). The number of aromatic nitrogens is 1. The Morgan fingerprint density at radius 2 is 2.33 bits per heavy atom. The maximum absolute atomic E-state index is 13.0. The summed E-state index contributed by atoms with van der Waals surface area (Å²) in [6.07, 6.45) is 2.06. The van der Waals surface area contributed by atoms with Crippen molar-refractivity contribution in [1.82, 2.24) is 15.6 Å². The van der Waals surface area contributed by atoms with E-state index < -0.39 is 5.82 Å². The molecule has 2 heterocycles. The third-order valence-corrected chi connectivity index (χ3v) is 3.98. The monoisotopic (exact) mass is 269 g/mol. The molecule has 1 saturated carbocycles. The van der Waals surface area contributed by atoms with Crippen LogP contribution in [-0.4, -0.2) is 29.5 Å². The summed E-state index contributed by atoms with van der Waals surface area (Å²) in [7, 11) is 0. The van der Waals surface area contributed by atoms with Gasteiger partial charge in [0.15, 0.2) is 11.0 Å². The Balaban J connectivity index is 1.69. The highest BCUT2D eigenvalue weighted by atomic mass is 35.5. The molecule has 0 aromatic carbocycles. The van der Waals surface area contributed by atoms with Gasteiger partial charge >= 0.3 is 0 Å². The number of amides is 1. The van der Waals surface area contributed by atoms with E-state index in [1.807, 2.05) is 0 Å². The van der Waals surface area contributed by atoms with Crippen LogP contribution in [0.3, 0.4) is 0 Å². The van der Waals surface area contributed by atoms with Crippen LogP contribution in [0.2, 0.25) is 5.15 Å². The third kappa shape index (κ3) is 2.08. The molecule has 1 aliphatic heterocycles. The van der Waals surface area contributed by atoms with Gasteiger partial charge in [-0.1, -0.05) is 11.6 Å². The Kier molecular flexibility index (Phi) is 2.95. The van der Waals surface area contributed by atoms with E-state index in [9.17, 15) is 9.18 Å². The summed E-state index contributed by atoms with van der Waals surface area (Å²) in [6.45, 7) is 0.952. The van der Waals surface area contributed by atoms with Crippen molar-refractivity contribution in [3.8, 4) is 0 Å². The van der Waals surface area contributed by atoms with Gasteiger partial charge in [-0.05, 0) is 30.9 Å². The normalized spacial score (nSPS) is 29.6. The van der Waals surface area contributed by atoms with E-state index in [2.05, 4.69) is 15.6 Å². The number of hydrogen-bond donors (Lipinski definition) is 2. The molecule has 0 radical (unpaired) electrons. The van der Waals surface area contributed by atoms with Crippen molar-refractivity contribution in [3.63, 3.8) is 0 Å². The molecule has 6 heteroatoms. The summed E-state index contributed by atoms with van der Waals surface area (Å²) in [4.78, 5) is 15.7. The second kappa shape index (κ2) is 4.48. The maximum atomic E-state index is 13.0. The molecule has 18 heavy (non-hydrogen) atoms. The zero-order chi connectivity index (χ0) is 12.7. The first-order valence-electron chi connectivity index (χ1n) is 6.00. The Bertz CT molecular complexity index is 496. The molecule has 2 N–H and O–H groups in total. The zero-order valence-electron chi connectivity index (χ0n) is 9.62. The van der Waals surface area contributed by atoms with Crippen LogP contribution < -0.4 is 10.6 Å². The van der Waals surface area contributed by atoms with E-state index in [4.69, 9.17) is 11.6 Å². The largest absolute Gasteiger partial charge is 0.348 e. The minimum Gasteiger partial charge on any atom is -0.348 e. The lowest BCUT2D eigenvalue weighted by Crippen LogP contribution is -2.44. The highest BCUT2D eigenvalue weighted by Gasteiger charge is 2.40. The van der Waals surface area contributed by atoms with Gasteiger partial charge in [-0.15, -0.1) is 0 Å². The second-order valence-electron chi connectivity index (χ2n) is 4.89. The molecule has 4 nitrogen and oxygen atoms in total. The Morgan fingerprint density at radius 3 is 2.94 bits per heavy atom. The first-order chi connectivity index (χ1) is 8.63. The van der Waals surface area contributed by atoms with Gasteiger partial charge in [0.05, 0.1) is 0 Å². The maximum Gasteiger partial charge on any atom is 0.270 e. The van der Waals surface area contributed by atoms with E-state index >= 15 is 0 Å². The number of carbonyl (C=O) groups excluding carboxylic acids is 1. The highest BCUT2D eigenvalue weighted by molar-refractivity contribution is 6.29. The molecule has 2 fully saturated rings. The summed E-state index contributed by atoms with van der Waals surface area (Å²) in [5, 5.41) is 6.06. The van der Waals surface area contributed by atoms with Gasteiger partial charge in [0.1, 0.15) is 5.69 Å². The van der Waals surface area contributed by atoms with Gasteiger partial charge in [-0.25, -0.2) is 9.37 Å². The number of hydrogen-bond acceptors (Lipinski definition) is 3. The number of halogens is 2. The molecule has 1 aromatic heterocycles. The van der Waals surface area contributed by atoms with Crippen LogP contribution in [-0.2, 0) is 0 Å². The summed E-state index contributed by atoms with van der Waals surface area (Å²) < 4.78 is 13.0. The van der Waals surface area contributed by atoms with Crippen LogP contribution in [0.25, 0.3) is 0 Å². The zero-order valence-corrected chi connectivity index (χ0v) is 10.4. The van der Waals surface area contributed by atoms with Gasteiger partial charge < -0.3 is 10.6 Å². The van der Waals surface area contributed by atoms with Crippen molar-refractivity contribution in [2.45, 2.75) is 24.9 Å². The summed E-state index contributed by atoms with van der Waals surface area (Å²) in [5.41, 5.74) is 0.164. The van der Waals surface area contributed by atoms with Crippen molar-refractivity contribution in [3.05, 3.63) is 28.8 Å². The van der Waals surface area contributed by atoms with Gasteiger partial charge in [0, 0.05) is 18.6 Å². The Labute approximate surface area is 109 Å². The molecule has 0 spiro atoms. The first-order valence-corrected chi connectivity index (χ1v) is 6.37. The fraction of sp³-hybridized carbons (Fsp3) is 0.500. The molecule has 1 amide bonds. The lowest BCUT2D eigenvalue weighted by Gasteiger charge is -2.23. The summed E-state index contributed by atoms with van der Waals surface area (Å²) >= 11 is 5.56. The molecule has 2 bridgehead atoms. The van der Waals surface area contributed by atoms with E-state index in [1.54, 1.807) is 0 Å². The first kappa shape index (κ1) is 11.9. The van der Waals surface area contributed by atoms with E-state index in [0.717, 1.165) is 25.5 Å². The van der Waals surface area contributed by atoms with Crippen molar-refractivity contribution < 1.29 is 9.18 Å². The number of pyridine rings is 1. The fourth-order valence-corrected chi connectivity index (χ4v) is 2.95. The van der Waals surface area contributed by atoms with Crippen molar-refractivity contribution in [1.29, 1.82) is 0 Å². The van der Waals surface area contributed by atoms with Crippen LogP contribution in [0.1, 0.15) is 23.3 Å². The molecule has 96 valence electrons. The smallest absolute Gasteiger partial charge is 0.270 e. The van der Waals surface area contributed by atoms with Gasteiger partial charge in [-0.2, -0.15) is 0 Å². The number of nitrogens with zero attached hydrogens (tertiary/aromatic N) is 1. The average molecular weight is 270 g/mol. The Morgan fingerprint density at radius 1 is 1.50 bits per heavy atom. The van der Waals surface area contributed by atoms with E-state index in [1.165, 1.54) is 6.07 Å². The number of carbonyl (C=O) groups is 1. The van der Waals surface area contributed by atoms with Gasteiger partial charge in [-0.3, -0.25) is 4.79 Å². The lowest BCUT2D eigenvalue weighted by molar-refractivity contribution is 0.0920. The van der Waals surface area contributed by atoms with Crippen LogP contribution in [0.4, 0.5) is 4.39 Å². The number of fused-ring (bicyclic) bond motifs is 2. The quantitative estimate of drug-likeness (QED) is 0.797. The molecule has 1 saturated heterocycles. The minimum atomic E-state index is -0.614. The van der Waals surface area contributed by atoms with Crippen LogP contribution >= 0.6 is 11.6 Å². The van der Waals surface area contributed by atoms with Crippen LogP contribution in [0.15, 0.2) is 12.1 Å². The molecule has 1 aromatic rings. The average Bonchev–Trinajstić information content (AvgIpc) is 2.94.